The van der Waals surface area contributed by atoms with Crippen LogP contribution >= 0.6 is 0 Å². The highest BCUT2D eigenvalue weighted by Crippen LogP contribution is 2.13. The number of carbonyl (C=O) groups excluding carboxylic acids is 1. The number of hydrogen-bond acceptors (Lipinski definition) is 5. The quantitative estimate of drug-likeness (QED) is 0.731. The van der Waals surface area contributed by atoms with Crippen LogP contribution in [0, 0.1) is 0 Å². The number of anilines is 1. The lowest BCUT2D eigenvalue weighted by Gasteiger charge is -2.23. The van der Waals surface area contributed by atoms with Crippen molar-refractivity contribution in [3.05, 3.63) is 11.9 Å². The molecule has 0 aliphatic carbocycles. The minimum absolute atomic E-state index is 0.0941. The van der Waals surface area contributed by atoms with Gasteiger partial charge in [0.25, 0.3) is 0 Å². The molecule has 1 rings (SSSR count). The van der Waals surface area contributed by atoms with E-state index < -0.39 is 0 Å². The normalized spacial score (nSPS) is 11.1. The van der Waals surface area contributed by atoms with E-state index in [1.807, 2.05) is 13.8 Å². The van der Waals surface area contributed by atoms with E-state index in [1.165, 1.54) is 6.20 Å². The van der Waals surface area contributed by atoms with Crippen LogP contribution in [0.2, 0.25) is 0 Å². The monoisotopic (exact) mass is 194 g/mol. The molecule has 0 spiro atoms. The van der Waals surface area contributed by atoms with Gasteiger partial charge >= 0.3 is 0 Å². The maximum atomic E-state index is 10.4. The third-order valence-corrected chi connectivity index (χ3v) is 2.03. The topological polar surface area (TPSA) is 67.8 Å². The van der Waals surface area contributed by atoms with Crippen LogP contribution < -0.4 is 5.32 Å². The predicted molar refractivity (Wildman–Crippen MR) is 53.2 cm³/mol. The summed E-state index contributed by atoms with van der Waals surface area (Å²) in [6.07, 6.45) is 2.91. The average molecular weight is 194 g/mol. The van der Waals surface area contributed by atoms with Crippen molar-refractivity contribution in [1.29, 1.82) is 0 Å². The van der Waals surface area contributed by atoms with Gasteiger partial charge in [0.15, 0.2) is 6.29 Å². The fraction of sp³-hybridized carbons (Fsp3) is 0.556. The maximum absolute atomic E-state index is 10.4. The molecule has 5 nitrogen and oxygen atoms in total. The number of nitrogens with zero attached hydrogens (tertiary/aromatic N) is 3. The standard InChI is InChI=1S/C9H14N4O/c1-4-9(2,3)12-8-11-7(6-14)5-10-13-8/h5-6H,4H2,1-3H3,(H,11,12,13). The second-order valence-electron chi connectivity index (χ2n) is 3.69. The van der Waals surface area contributed by atoms with Crippen molar-refractivity contribution in [1.82, 2.24) is 15.2 Å². The van der Waals surface area contributed by atoms with E-state index in [1.54, 1.807) is 0 Å². The fourth-order valence-electron chi connectivity index (χ4n) is 0.817. The number of aromatic nitrogens is 3. The van der Waals surface area contributed by atoms with Gasteiger partial charge in [-0.25, -0.2) is 4.98 Å². The van der Waals surface area contributed by atoms with Crippen LogP contribution in [0.1, 0.15) is 37.7 Å². The molecule has 0 fully saturated rings. The third-order valence-electron chi connectivity index (χ3n) is 2.03. The molecule has 0 saturated carbocycles. The van der Waals surface area contributed by atoms with Gasteiger partial charge in [0.05, 0.1) is 6.20 Å². The number of carbonyl (C=O) groups is 1. The zero-order valence-corrected chi connectivity index (χ0v) is 8.61. The summed E-state index contributed by atoms with van der Waals surface area (Å²) < 4.78 is 0. The van der Waals surface area contributed by atoms with Crippen LogP contribution in [0.4, 0.5) is 5.95 Å². The second-order valence-corrected chi connectivity index (χ2v) is 3.69. The molecule has 1 aromatic rings. The molecule has 0 bridgehead atoms. The molecule has 0 aliphatic rings. The second kappa shape index (κ2) is 4.13. The highest BCUT2D eigenvalue weighted by molar-refractivity contribution is 5.71. The van der Waals surface area contributed by atoms with Crippen molar-refractivity contribution in [2.45, 2.75) is 32.7 Å². The maximum Gasteiger partial charge on any atom is 0.243 e. The Bertz CT molecular complexity index is 324. The highest BCUT2D eigenvalue weighted by Gasteiger charge is 2.15. The molecule has 0 atom stereocenters. The van der Waals surface area contributed by atoms with Gasteiger partial charge in [-0.15, -0.1) is 5.10 Å². The van der Waals surface area contributed by atoms with E-state index in [-0.39, 0.29) is 11.2 Å². The molecule has 0 aliphatic heterocycles. The molecular formula is C9H14N4O. The lowest BCUT2D eigenvalue weighted by Crippen LogP contribution is -2.31. The molecule has 5 heteroatoms. The van der Waals surface area contributed by atoms with Gasteiger partial charge < -0.3 is 5.32 Å². The van der Waals surface area contributed by atoms with Gasteiger partial charge in [0.2, 0.25) is 5.95 Å². The summed E-state index contributed by atoms with van der Waals surface area (Å²) >= 11 is 0. The molecule has 1 N–H and O–H groups in total. The highest BCUT2D eigenvalue weighted by atomic mass is 16.1. The van der Waals surface area contributed by atoms with Crippen LogP contribution in [0.3, 0.4) is 0 Å². The fourth-order valence-corrected chi connectivity index (χ4v) is 0.817. The van der Waals surface area contributed by atoms with E-state index in [0.717, 1.165) is 6.42 Å². The van der Waals surface area contributed by atoms with Crippen molar-refractivity contribution < 1.29 is 4.79 Å². The molecule has 0 amide bonds. The van der Waals surface area contributed by atoms with Gasteiger partial charge in [-0.3, -0.25) is 4.79 Å². The number of aldehydes is 1. The Morgan fingerprint density at radius 3 is 2.86 bits per heavy atom. The lowest BCUT2D eigenvalue weighted by atomic mass is 10.0. The van der Waals surface area contributed by atoms with Gasteiger partial charge in [-0.2, -0.15) is 5.10 Å². The average Bonchev–Trinajstić information content (AvgIpc) is 2.17. The first kappa shape index (κ1) is 10.6. The van der Waals surface area contributed by atoms with Crippen LogP contribution in [0.5, 0.6) is 0 Å². The van der Waals surface area contributed by atoms with Crippen LogP contribution in [-0.4, -0.2) is 27.0 Å². The molecule has 76 valence electrons. The minimum atomic E-state index is -0.0941. The van der Waals surface area contributed by atoms with Gasteiger partial charge in [0, 0.05) is 5.54 Å². The Labute approximate surface area is 83.0 Å². The molecule has 0 unspecified atom stereocenters. The van der Waals surface area contributed by atoms with Crippen molar-refractivity contribution in [3.8, 4) is 0 Å². The Morgan fingerprint density at radius 1 is 1.57 bits per heavy atom. The Balaban J connectivity index is 2.81. The number of hydrogen-bond donors (Lipinski definition) is 1. The first-order chi connectivity index (χ1) is 6.57. The zero-order valence-electron chi connectivity index (χ0n) is 8.61. The van der Waals surface area contributed by atoms with Crippen molar-refractivity contribution in [3.63, 3.8) is 0 Å². The summed E-state index contributed by atoms with van der Waals surface area (Å²) in [4.78, 5) is 14.4. The predicted octanol–water partition coefficient (Wildman–Crippen LogP) is 1.28. The number of nitrogens with one attached hydrogen (secondary N) is 1. The van der Waals surface area contributed by atoms with E-state index in [9.17, 15) is 4.79 Å². The van der Waals surface area contributed by atoms with Crippen LogP contribution in [-0.2, 0) is 0 Å². The van der Waals surface area contributed by atoms with Crippen molar-refractivity contribution in [2.75, 3.05) is 5.32 Å². The van der Waals surface area contributed by atoms with Crippen molar-refractivity contribution >= 4 is 12.2 Å². The Kier molecular flexibility index (Phi) is 3.11. The summed E-state index contributed by atoms with van der Waals surface area (Å²) in [6.45, 7) is 6.12. The first-order valence-electron chi connectivity index (χ1n) is 4.50. The van der Waals surface area contributed by atoms with Gasteiger partial charge in [0.1, 0.15) is 5.69 Å². The van der Waals surface area contributed by atoms with E-state index in [0.29, 0.717) is 12.2 Å². The first-order valence-corrected chi connectivity index (χ1v) is 4.50. The molecule has 0 radical (unpaired) electrons. The molecule has 0 aromatic carbocycles. The third kappa shape index (κ3) is 2.76. The summed E-state index contributed by atoms with van der Waals surface area (Å²) in [5.41, 5.74) is 0.192. The molecule has 0 saturated heterocycles. The largest absolute Gasteiger partial charge is 0.348 e. The van der Waals surface area contributed by atoms with E-state index in [2.05, 4.69) is 27.4 Å². The van der Waals surface area contributed by atoms with Gasteiger partial charge in [-0.1, -0.05) is 6.92 Å². The van der Waals surface area contributed by atoms with Crippen LogP contribution in [0.25, 0.3) is 0 Å². The summed E-state index contributed by atoms with van der Waals surface area (Å²) in [6, 6.07) is 0. The van der Waals surface area contributed by atoms with E-state index >= 15 is 0 Å². The summed E-state index contributed by atoms with van der Waals surface area (Å²) in [7, 11) is 0. The molecule has 1 heterocycles. The Hall–Kier alpha value is -1.52. The van der Waals surface area contributed by atoms with Gasteiger partial charge in [-0.05, 0) is 20.3 Å². The van der Waals surface area contributed by atoms with E-state index in [4.69, 9.17) is 0 Å². The minimum Gasteiger partial charge on any atom is -0.348 e. The zero-order chi connectivity index (χ0) is 10.6. The lowest BCUT2D eigenvalue weighted by molar-refractivity contribution is 0.111. The molecule has 1 aromatic heterocycles. The van der Waals surface area contributed by atoms with Crippen LogP contribution in [0.15, 0.2) is 6.20 Å². The molecule has 14 heavy (non-hydrogen) atoms. The summed E-state index contributed by atoms with van der Waals surface area (Å²) in [5, 5.41) is 10.6. The van der Waals surface area contributed by atoms with Crippen molar-refractivity contribution in [2.24, 2.45) is 0 Å². The summed E-state index contributed by atoms with van der Waals surface area (Å²) in [5.74, 6) is 0.390. The number of rotatable bonds is 4. The molecular weight excluding hydrogens is 180 g/mol. The SMILES string of the molecule is CCC(C)(C)Nc1nncc(C=O)n1. The Morgan fingerprint density at radius 2 is 2.29 bits per heavy atom. The smallest absolute Gasteiger partial charge is 0.243 e.